The molecule has 0 saturated heterocycles. The molecule has 0 radical (unpaired) electrons. The molecule has 2 rings (SSSR count). The summed E-state index contributed by atoms with van der Waals surface area (Å²) in [6.07, 6.45) is 1.45. The van der Waals surface area contributed by atoms with E-state index in [2.05, 4.69) is 5.16 Å². The number of carbonyl (C=O) groups excluding carboxylic acids is 2. The minimum Gasteiger partial charge on any atom is -0.356 e. The highest BCUT2D eigenvalue weighted by Gasteiger charge is 2.12. The van der Waals surface area contributed by atoms with Crippen LogP contribution in [0, 0.1) is 6.92 Å². The summed E-state index contributed by atoms with van der Waals surface area (Å²) in [6.45, 7) is 4.72. The Hall–Kier alpha value is -2.49. The third kappa shape index (κ3) is 3.09. The Morgan fingerprint density at radius 2 is 1.70 bits per heavy atom. The van der Waals surface area contributed by atoms with Crippen LogP contribution in [0.3, 0.4) is 0 Å². The van der Waals surface area contributed by atoms with Crippen molar-refractivity contribution >= 4 is 17.6 Å². The molecule has 1 aromatic carbocycles. The lowest BCUT2D eigenvalue weighted by Gasteiger charge is -1.95. The SMILES string of the molecule is CC(=O)C(=Cc1cc(-c2ccc(C)cc2)on1)C(C)=O. The Labute approximate surface area is 117 Å². The Morgan fingerprint density at radius 1 is 1.10 bits per heavy atom. The van der Waals surface area contributed by atoms with Crippen molar-refractivity contribution in [2.75, 3.05) is 0 Å². The quantitative estimate of drug-likeness (QED) is 0.486. The molecule has 0 fully saturated rings. The molecule has 2 aromatic rings. The Kier molecular flexibility index (Phi) is 3.94. The van der Waals surface area contributed by atoms with Crippen molar-refractivity contribution in [2.45, 2.75) is 20.8 Å². The second-order valence-corrected chi connectivity index (χ2v) is 4.65. The van der Waals surface area contributed by atoms with Gasteiger partial charge in [-0.3, -0.25) is 9.59 Å². The van der Waals surface area contributed by atoms with Gasteiger partial charge in [0.25, 0.3) is 0 Å². The van der Waals surface area contributed by atoms with Gasteiger partial charge in [-0.05, 0) is 26.8 Å². The molecule has 4 heteroatoms. The van der Waals surface area contributed by atoms with E-state index in [0.717, 1.165) is 11.1 Å². The highest BCUT2D eigenvalue weighted by atomic mass is 16.5. The van der Waals surface area contributed by atoms with Crippen molar-refractivity contribution < 1.29 is 14.1 Å². The molecule has 4 nitrogen and oxygen atoms in total. The van der Waals surface area contributed by atoms with Crippen LogP contribution < -0.4 is 0 Å². The predicted octanol–water partition coefficient (Wildman–Crippen LogP) is 3.21. The topological polar surface area (TPSA) is 60.2 Å². The first-order valence-electron chi connectivity index (χ1n) is 6.24. The molecule has 0 aliphatic carbocycles. The second kappa shape index (κ2) is 5.65. The highest BCUT2D eigenvalue weighted by molar-refractivity contribution is 6.21. The number of aromatic nitrogens is 1. The van der Waals surface area contributed by atoms with Gasteiger partial charge in [-0.1, -0.05) is 35.0 Å². The number of Topliss-reactive ketones (excluding diaryl/α,β-unsaturated/α-hetero) is 2. The smallest absolute Gasteiger partial charge is 0.167 e. The molecule has 0 amide bonds. The standard InChI is InChI=1S/C16H15NO3/c1-10-4-6-13(7-5-10)16-9-14(17-20-16)8-15(11(2)18)12(3)19/h4-9H,1-3H3. The average Bonchev–Trinajstić information content (AvgIpc) is 2.84. The van der Waals surface area contributed by atoms with Crippen LogP contribution in [0.1, 0.15) is 25.1 Å². The van der Waals surface area contributed by atoms with Gasteiger partial charge in [-0.15, -0.1) is 0 Å². The van der Waals surface area contributed by atoms with E-state index in [9.17, 15) is 9.59 Å². The van der Waals surface area contributed by atoms with Crippen LogP contribution in [0.25, 0.3) is 17.4 Å². The van der Waals surface area contributed by atoms with Crippen LogP contribution in [0.2, 0.25) is 0 Å². The molecule has 0 N–H and O–H groups in total. The molecule has 0 atom stereocenters. The number of rotatable bonds is 4. The molecule has 0 bridgehead atoms. The number of carbonyl (C=O) groups is 2. The van der Waals surface area contributed by atoms with E-state index >= 15 is 0 Å². The van der Waals surface area contributed by atoms with E-state index in [1.165, 1.54) is 19.9 Å². The predicted molar refractivity (Wildman–Crippen MR) is 76.0 cm³/mol. The fourth-order valence-electron chi connectivity index (χ4n) is 1.81. The van der Waals surface area contributed by atoms with Gasteiger partial charge in [0.05, 0.1) is 5.57 Å². The number of benzene rings is 1. The Bertz CT molecular complexity index is 662. The summed E-state index contributed by atoms with van der Waals surface area (Å²) >= 11 is 0. The van der Waals surface area contributed by atoms with Crippen molar-refractivity contribution in [3.8, 4) is 11.3 Å². The van der Waals surface area contributed by atoms with Crippen molar-refractivity contribution in [1.82, 2.24) is 5.16 Å². The van der Waals surface area contributed by atoms with Gasteiger partial charge in [-0.25, -0.2) is 0 Å². The van der Waals surface area contributed by atoms with Crippen LogP contribution >= 0.6 is 0 Å². The van der Waals surface area contributed by atoms with E-state index in [1.54, 1.807) is 6.07 Å². The minimum absolute atomic E-state index is 0.119. The van der Waals surface area contributed by atoms with Gasteiger partial charge in [0.1, 0.15) is 5.69 Å². The zero-order valence-electron chi connectivity index (χ0n) is 11.6. The lowest BCUT2D eigenvalue weighted by atomic mass is 10.1. The van der Waals surface area contributed by atoms with Gasteiger partial charge < -0.3 is 4.52 Å². The van der Waals surface area contributed by atoms with Crippen LogP contribution in [0.15, 0.2) is 40.4 Å². The molecule has 20 heavy (non-hydrogen) atoms. The fourth-order valence-corrected chi connectivity index (χ4v) is 1.81. The van der Waals surface area contributed by atoms with Gasteiger partial charge in [0.15, 0.2) is 17.3 Å². The summed E-state index contributed by atoms with van der Waals surface area (Å²) < 4.78 is 5.23. The number of hydrogen-bond donors (Lipinski definition) is 0. The first-order valence-corrected chi connectivity index (χ1v) is 6.24. The van der Waals surface area contributed by atoms with E-state index < -0.39 is 0 Å². The van der Waals surface area contributed by atoms with Gasteiger partial charge in [0.2, 0.25) is 0 Å². The van der Waals surface area contributed by atoms with E-state index in [4.69, 9.17) is 4.52 Å². The Balaban J connectivity index is 2.33. The summed E-state index contributed by atoms with van der Waals surface area (Å²) in [5.41, 5.74) is 2.63. The molecule has 1 heterocycles. The third-order valence-corrected chi connectivity index (χ3v) is 2.92. The maximum absolute atomic E-state index is 11.4. The van der Waals surface area contributed by atoms with Crippen LogP contribution in [0.5, 0.6) is 0 Å². The van der Waals surface area contributed by atoms with Gasteiger partial charge in [0, 0.05) is 11.6 Å². The van der Waals surface area contributed by atoms with Gasteiger partial charge in [-0.2, -0.15) is 0 Å². The third-order valence-electron chi connectivity index (χ3n) is 2.92. The van der Waals surface area contributed by atoms with Gasteiger partial charge >= 0.3 is 0 Å². The number of aryl methyl sites for hydroxylation is 1. The number of nitrogens with zero attached hydrogens (tertiary/aromatic N) is 1. The van der Waals surface area contributed by atoms with Crippen LogP contribution in [0.4, 0.5) is 0 Å². The van der Waals surface area contributed by atoms with E-state index in [0.29, 0.717) is 11.5 Å². The summed E-state index contributed by atoms with van der Waals surface area (Å²) in [5.74, 6) is 0.0393. The highest BCUT2D eigenvalue weighted by Crippen LogP contribution is 2.21. The number of hydrogen-bond acceptors (Lipinski definition) is 4. The normalized spacial score (nSPS) is 10.2. The molecule has 0 spiro atoms. The van der Waals surface area contributed by atoms with Crippen molar-refractivity contribution in [3.05, 3.63) is 47.2 Å². The maximum Gasteiger partial charge on any atom is 0.167 e. The first-order chi connectivity index (χ1) is 9.47. The molecule has 0 saturated carbocycles. The molecular weight excluding hydrogens is 254 g/mol. The van der Waals surface area contributed by atoms with Crippen LogP contribution in [-0.4, -0.2) is 16.7 Å². The zero-order valence-corrected chi connectivity index (χ0v) is 11.6. The summed E-state index contributed by atoms with van der Waals surface area (Å²) in [6, 6.07) is 9.52. The largest absolute Gasteiger partial charge is 0.356 e. The monoisotopic (exact) mass is 269 g/mol. The minimum atomic E-state index is -0.280. The maximum atomic E-state index is 11.4. The molecule has 0 unspecified atom stereocenters. The van der Waals surface area contributed by atoms with Crippen molar-refractivity contribution in [1.29, 1.82) is 0 Å². The fraction of sp³-hybridized carbons (Fsp3) is 0.188. The van der Waals surface area contributed by atoms with Crippen molar-refractivity contribution in [3.63, 3.8) is 0 Å². The first kappa shape index (κ1) is 13.9. The summed E-state index contributed by atoms with van der Waals surface area (Å²) in [5, 5.41) is 3.86. The lowest BCUT2D eigenvalue weighted by Crippen LogP contribution is -2.05. The summed E-state index contributed by atoms with van der Waals surface area (Å²) in [4.78, 5) is 22.7. The molecule has 0 aliphatic heterocycles. The van der Waals surface area contributed by atoms with E-state index in [1.807, 2.05) is 31.2 Å². The molecule has 102 valence electrons. The molecule has 0 aliphatic rings. The molecular formula is C16H15NO3. The number of ketones is 2. The van der Waals surface area contributed by atoms with Crippen LogP contribution in [-0.2, 0) is 9.59 Å². The average molecular weight is 269 g/mol. The zero-order chi connectivity index (χ0) is 14.7. The Morgan fingerprint density at radius 3 is 2.25 bits per heavy atom. The lowest BCUT2D eigenvalue weighted by molar-refractivity contribution is -0.119. The number of allylic oxidation sites excluding steroid dienone is 1. The summed E-state index contributed by atoms with van der Waals surface area (Å²) in [7, 11) is 0. The second-order valence-electron chi connectivity index (χ2n) is 4.65. The van der Waals surface area contributed by atoms with E-state index in [-0.39, 0.29) is 17.1 Å². The van der Waals surface area contributed by atoms with Crippen molar-refractivity contribution in [2.24, 2.45) is 0 Å². The molecule has 1 aromatic heterocycles.